The summed E-state index contributed by atoms with van der Waals surface area (Å²) in [5.74, 6) is 2.54. The van der Waals surface area contributed by atoms with Crippen LogP contribution in [0.25, 0.3) is 6.08 Å². The Labute approximate surface area is 228 Å². The van der Waals surface area contributed by atoms with Gasteiger partial charge in [-0.1, -0.05) is 36.3 Å². The topological polar surface area (TPSA) is 92.5 Å². The number of benzene rings is 1. The summed E-state index contributed by atoms with van der Waals surface area (Å²) in [5.41, 5.74) is 7.59. The van der Waals surface area contributed by atoms with Crippen molar-refractivity contribution in [2.45, 2.75) is 11.3 Å². The minimum Gasteiger partial charge on any atom is -0.379 e. The molecule has 1 unspecified atom stereocenters. The summed E-state index contributed by atoms with van der Waals surface area (Å²) < 4.78 is 27.0. The minimum absolute atomic E-state index is 0.0278. The molecule has 0 saturated carbocycles. The molecule has 0 aliphatic rings. The molecule has 1 amide bonds. The quantitative estimate of drug-likeness (QED) is 0.0903. The Morgan fingerprint density at radius 2 is 1.54 bits per heavy atom. The number of thioether (sulfide) groups is 1. The second kappa shape index (κ2) is 24.8. The van der Waals surface area contributed by atoms with E-state index in [1.165, 1.54) is 4.90 Å². The molecule has 208 valence electrons. The monoisotopic (exact) mass is 554 g/mol. The number of nitrogens with two attached hydrogens (primary N) is 1. The summed E-state index contributed by atoms with van der Waals surface area (Å²) >= 11 is 1.85. The summed E-state index contributed by atoms with van der Waals surface area (Å²) in [6, 6.07) is 8.29. The predicted molar refractivity (Wildman–Crippen MR) is 154 cm³/mol. The fourth-order valence-corrected chi connectivity index (χ4v) is 4.63. The van der Waals surface area contributed by atoms with Gasteiger partial charge in [-0.25, -0.2) is 0 Å². The molecule has 10 heteroatoms. The van der Waals surface area contributed by atoms with Crippen LogP contribution in [0, 0.1) is 12.3 Å². The number of hydrogen-bond donors (Lipinski definition) is 1. The van der Waals surface area contributed by atoms with Crippen LogP contribution in [-0.4, -0.2) is 109 Å². The van der Waals surface area contributed by atoms with Crippen LogP contribution in [0.3, 0.4) is 0 Å². The van der Waals surface area contributed by atoms with Gasteiger partial charge in [-0.15, -0.1) is 26.8 Å². The summed E-state index contributed by atoms with van der Waals surface area (Å²) in [6.45, 7) is 8.25. The second-order valence-corrected chi connectivity index (χ2v) is 10.3. The SMILES string of the molecule is C#CCN(C/C=C/c1ccccc1SCPC)C(=O)CCOCCOCCOCCOCCOCCN. The molecule has 0 radical (unpaired) electrons. The van der Waals surface area contributed by atoms with Gasteiger partial charge in [0.1, 0.15) is 0 Å². The number of nitrogens with zero attached hydrogens (tertiary/aromatic N) is 1. The van der Waals surface area contributed by atoms with Crippen molar-refractivity contribution < 1.29 is 28.5 Å². The van der Waals surface area contributed by atoms with E-state index in [-0.39, 0.29) is 18.9 Å². The Morgan fingerprint density at radius 3 is 2.11 bits per heavy atom. The van der Waals surface area contributed by atoms with E-state index in [0.717, 1.165) is 19.6 Å². The van der Waals surface area contributed by atoms with Gasteiger partial charge >= 0.3 is 0 Å². The molecule has 0 bridgehead atoms. The van der Waals surface area contributed by atoms with Crippen LogP contribution < -0.4 is 5.73 Å². The fourth-order valence-electron chi connectivity index (χ4n) is 2.95. The Morgan fingerprint density at radius 1 is 0.973 bits per heavy atom. The van der Waals surface area contributed by atoms with Gasteiger partial charge in [-0.05, 0) is 18.3 Å². The van der Waals surface area contributed by atoms with Crippen molar-refractivity contribution in [1.82, 2.24) is 4.90 Å². The molecule has 0 saturated heterocycles. The summed E-state index contributed by atoms with van der Waals surface area (Å²) in [4.78, 5) is 15.5. The van der Waals surface area contributed by atoms with Gasteiger partial charge in [-0.3, -0.25) is 4.79 Å². The van der Waals surface area contributed by atoms with E-state index in [9.17, 15) is 4.79 Å². The lowest BCUT2D eigenvalue weighted by atomic mass is 10.2. The lowest BCUT2D eigenvalue weighted by Gasteiger charge is -2.18. The van der Waals surface area contributed by atoms with Crippen LogP contribution in [0.5, 0.6) is 0 Å². The van der Waals surface area contributed by atoms with Crippen LogP contribution in [-0.2, 0) is 28.5 Å². The maximum atomic E-state index is 12.6. The third-order valence-electron chi connectivity index (χ3n) is 4.76. The lowest BCUT2D eigenvalue weighted by Crippen LogP contribution is -2.32. The summed E-state index contributed by atoms with van der Waals surface area (Å²) in [6.07, 6.45) is 9.80. The Balaban J connectivity index is 2.11. The number of ether oxygens (including phenoxy) is 5. The minimum atomic E-state index is -0.0278. The first-order valence-corrected chi connectivity index (χ1v) is 15.2. The molecule has 1 aromatic rings. The van der Waals surface area contributed by atoms with Crippen molar-refractivity contribution in [3.05, 3.63) is 35.9 Å². The maximum Gasteiger partial charge on any atom is 0.225 e. The molecule has 37 heavy (non-hydrogen) atoms. The highest BCUT2D eigenvalue weighted by Gasteiger charge is 2.11. The van der Waals surface area contributed by atoms with Crippen LogP contribution in [0.1, 0.15) is 12.0 Å². The van der Waals surface area contributed by atoms with Gasteiger partial charge < -0.3 is 34.3 Å². The molecule has 0 aromatic heterocycles. The predicted octanol–water partition coefficient (Wildman–Crippen LogP) is 2.95. The third-order valence-corrected chi connectivity index (χ3v) is 7.17. The number of hydrogen-bond acceptors (Lipinski definition) is 8. The zero-order chi connectivity index (χ0) is 26.8. The second-order valence-electron chi connectivity index (χ2n) is 7.66. The van der Waals surface area contributed by atoms with Crippen molar-refractivity contribution in [3.63, 3.8) is 0 Å². The van der Waals surface area contributed by atoms with E-state index in [2.05, 4.69) is 30.8 Å². The zero-order valence-corrected chi connectivity index (χ0v) is 23.8. The number of carbonyl (C=O) groups excluding carboxylic acids is 1. The average Bonchev–Trinajstić information content (AvgIpc) is 2.91. The Hall–Kier alpha value is -1.47. The fraction of sp³-hybridized carbons (Fsp3) is 0.593. The van der Waals surface area contributed by atoms with Gasteiger partial charge in [0, 0.05) is 23.5 Å². The van der Waals surface area contributed by atoms with Gasteiger partial charge in [0.25, 0.3) is 0 Å². The van der Waals surface area contributed by atoms with Gasteiger partial charge in [-0.2, -0.15) is 0 Å². The Kier molecular flexibility index (Phi) is 22.5. The molecule has 0 fully saturated rings. The van der Waals surface area contributed by atoms with Crippen LogP contribution in [0.4, 0.5) is 0 Å². The maximum absolute atomic E-state index is 12.6. The first kappa shape index (κ1) is 33.6. The number of carbonyl (C=O) groups is 1. The number of rotatable bonds is 24. The van der Waals surface area contributed by atoms with E-state index in [1.54, 1.807) is 4.90 Å². The largest absolute Gasteiger partial charge is 0.379 e. The summed E-state index contributed by atoms with van der Waals surface area (Å²) in [7, 11) is 0.901. The number of amides is 1. The van der Waals surface area contributed by atoms with E-state index >= 15 is 0 Å². The average molecular weight is 555 g/mol. The normalized spacial score (nSPS) is 11.5. The molecule has 0 spiro atoms. The van der Waals surface area contributed by atoms with Crippen LogP contribution in [0.2, 0.25) is 0 Å². The van der Waals surface area contributed by atoms with E-state index in [4.69, 9.17) is 35.8 Å². The Bertz CT molecular complexity index is 778. The van der Waals surface area contributed by atoms with Gasteiger partial charge in [0.05, 0.1) is 79.0 Å². The van der Waals surface area contributed by atoms with E-state index in [1.807, 2.05) is 30.0 Å². The molecular formula is C27H43N2O6PS. The summed E-state index contributed by atoms with van der Waals surface area (Å²) in [5, 5.41) is 0. The standard InChI is InChI=1S/C27H43N2O6PS/c1-3-12-29(13-6-8-25-7-4-5-9-26(25)37-24-36-2)27(30)10-14-31-16-18-33-20-22-35-23-21-34-19-17-32-15-11-28/h1,4-9,36H,10-24,28H2,2H3/b8-6+. The highest BCUT2D eigenvalue weighted by atomic mass is 32.2. The van der Waals surface area contributed by atoms with Crippen LogP contribution in [0.15, 0.2) is 35.2 Å². The first-order chi connectivity index (χ1) is 18.2. The van der Waals surface area contributed by atoms with Crippen molar-refractivity contribution in [1.29, 1.82) is 0 Å². The zero-order valence-electron chi connectivity index (χ0n) is 22.0. The highest BCUT2D eigenvalue weighted by molar-refractivity contribution is 8.03. The lowest BCUT2D eigenvalue weighted by molar-refractivity contribution is -0.131. The van der Waals surface area contributed by atoms with Crippen LogP contribution >= 0.6 is 20.3 Å². The molecule has 0 aliphatic carbocycles. The smallest absolute Gasteiger partial charge is 0.225 e. The van der Waals surface area contributed by atoms with Crippen molar-refractivity contribution in [2.24, 2.45) is 5.73 Å². The molecule has 0 aliphatic heterocycles. The molecule has 1 rings (SSSR count). The number of terminal acetylenes is 1. The van der Waals surface area contributed by atoms with Gasteiger partial charge in [0.15, 0.2) is 0 Å². The molecule has 0 heterocycles. The molecule has 1 atom stereocenters. The first-order valence-electron chi connectivity index (χ1n) is 12.6. The van der Waals surface area contributed by atoms with Crippen molar-refractivity contribution in [3.8, 4) is 12.3 Å². The van der Waals surface area contributed by atoms with Crippen molar-refractivity contribution in [2.75, 3.05) is 97.9 Å². The van der Waals surface area contributed by atoms with Gasteiger partial charge in [0.2, 0.25) is 5.91 Å². The molecular weight excluding hydrogens is 511 g/mol. The van der Waals surface area contributed by atoms with E-state index in [0.29, 0.717) is 79.2 Å². The van der Waals surface area contributed by atoms with E-state index < -0.39 is 0 Å². The van der Waals surface area contributed by atoms with Crippen molar-refractivity contribution >= 4 is 32.3 Å². The third kappa shape index (κ3) is 18.4. The molecule has 8 nitrogen and oxygen atoms in total. The molecule has 2 N–H and O–H groups in total. The molecule has 1 aromatic carbocycles. The highest BCUT2D eigenvalue weighted by Crippen LogP contribution is 2.28.